The molecule has 48 heavy (non-hydrogen) atoms. The van der Waals surface area contributed by atoms with E-state index in [1.54, 1.807) is 36.5 Å². The first-order valence-corrected chi connectivity index (χ1v) is 15.3. The van der Waals surface area contributed by atoms with Gasteiger partial charge in [-0.2, -0.15) is 0 Å². The summed E-state index contributed by atoms with van der Waals surface area (Å²) in [6, 6.07) is 11.6. The molecule has 0 aliphatic carbocycles. The number of hydrogen-bond donors (Lipinski definition) is 8. The Balaban J connectivity index is 1.54. The number of aromatic nitrogens is 3. The van der Waals surface area contributed by atoms with Gasteiger partial charge in [0, 0.05) is 61.6 Å². The van der Waals surface area contributed by atoms with Crippen molar-refractivity contribution in [3.05, 3.63) is 90.1 Å². The number of rotatable bonds is 17. The molecule has 0 radical (unpaired) electrons. The number of hydrogen-bond acceptors (Lipinski definition) is 7. The molecule has 0 aliphatic rings. The van der Waals surface area contributed by atoms with Crippen molar-refractivity contribution >= 4 is 46.3 Å². The highest BCUT2D eigenvalue weighted by atomic mass is 16.2. The number of nitrogens with one attached hydrogen (secondary N) is 6. The molecule has 2 aromatic carbocycles. The van der Waals surface area contributed by atoms with E-state index in [-0.39, 0.29) is 32.1 Å². The summed E-state index contributed by atoms with van der Waals surface area (Å²) in [7, 11) is 0. The lowest BCUT2D eigenvalue weighted by molar-refractivity contribution is -0.134. The van der Waals surface area contributed by atoms with Gasteiger partial charge in [0.25, 0.3) is 0 Å². The molecule has 2 heterocycles. The quantitative estimate of drug-likeness (QED) is 0.0748. The second-order valence-electron chi connectivity index (χ2n) is 11.4. The molecule has 0 saturated carbocycles. The van der Waals surface area contributed by atoms with Crippen LogP contribution in [0.5, 0.6) is 0 Å². The number of fused-ring (bicyclic) bond motifs is 1. The third-order valence-electron chi connectivity index (χ3n) is 7.66. The number of H-pyrrole nitrogens is 2. The van der Waals surface area contributed by atoms with Gasteiger partial charge >= 0.3 is 0 Å². The first-order valence-electron chi connectivity index (χ1n) is 15.3. The zero-order valence-electron chi connectivity index (χ0n) is 26.3. The number of para-hydroxylation sites is 1. The average molecular weight is 658 g/mol. The first kappa shape index (κ1) is 34.9. The maximum absolute atomic E-state index is 13.8. The maximum Gasteiger partial charge on any atom is 0.243 e. The monoisotopic (exact) mass is 657 g/mol. The fourth-order valence-corrected chi connectivity index (χ4v) is 5.25. The van der Waals surface area contributed by atoms with Crippen LogP contribution in [0, 0.1) is 0 Å². The van der Waals surface area contributed by atoms with Crippen molar-refractivity contribution in [2.24, 2.45) is 11.5 Å². The summed E-state index contributed by atoms with van der Waals surface area (Å²) < 4.78 is 0. The van der Waals surface area contributed by atoms with E-state index >= 15 is 0 Å². The number of amides is 6. The zero-order chi connectivity index (χ0) is 34.6. The Morgan fingerprint density at radius 2 is 1.35 bits per heavy atom. The van der Waals surface area contributed by atoms with Crippen LogP contribution >= 0.6 is 0 Å². The summed E-state index contributed by atoms with van der Waals surface area (Å²) in [5.74, 6) is -4.14. The summed E-state index contributed by atoms with van der Waals surface area (Å²) >= 11 is 0. The molecule has 0 spiro atoms. The summed E-state index contributed by atoms with van der Waals surface area (Å²) in [6.45, 7) is 1.27. The fourth-order valence-electron chi connectivity index (χ4n) is 5.25. The predicted octanol–water partition coefficient (Wildman–Crippen LogP) is -0.371. The lowest BCUT2D eigenvalue weighted by Gasteiger charge is -2.26. The van der Waals surface area contributed by atoms with Crippen LogP contribution in [0.2, 0.25) is 0 Å². The van der Waals surface area contributed by atoms with E-state index in [1.807, 2.05) is 24.3 Å². The molecule has 0 fully saturated rings. The number of carbonyl (C=O) groups is 6. The van der Waals surface area contributed by atoms with Crippen LogP contribution in [0.25, 0.3) is 10.9 Å². The van der Waals surface area contributed by atoms with Crippen LogP contribution < -0.4 is 32.7 Å². The van der Waals surface area contributed by atoms with Crippen molar-refractivity contribution in [2.75, 3.05) is 0 Å². The number of nitrogens with zero attached hydrogens (tertiary/aromatic N) is 1. The standard InChI is InChI=1S/C33H39N9O6/c1-19(43)39-28(15-22-17-36-18-38-22)33(48)42-27(13-20-7-3-2-4-8-20)32(47)40-25(11-12-29(34)44)31(46)41-26(30(35)45)14-21-16-37-24-10-6-5-9-23(21)24/h2-10,16-18,25-28,37H,11-15H2,1H3,(H2,34,44)(H2,35,45)(H,36,38)(H,39,43)(H,40,47)(H,41,46)(H,42,48)/t25-,26+,27+,28-/m0/s1. The van der Waals surface area contributed by atoms with Crippen LogP contribution in [0.15, 0.2) is 73.3 Å². The third kappa shape index (κ3) is 10.0. The number of benzene rings is 2. The summed E-state index contributed by atoms with van der Waals surface area (Å²) in [5, 5.41) is 11.4. The lowest BCUT2D eigenvalue weighted by atomic mass is 10.0. The van der Waals surface area contributed by atoms with Gasteiger partial charge in [-0.1, -0.05) is 48.5 Å². The van der Waals surface area contributed by atoms with Crippen molar-refractivity contribution in [1.82, 2.24) is 36.2 Å². The molecule has 0 saturated heterocycles. The van der Waals surface area contributed by atoms with E-state index in [2.05, 4.69) is 36.2 Å². The first-order chi connectivity index (χ1) is 23.0. The Morgan fingerprint density at radius 3 is 2.00 bits per heavy atom. The molecule has 0 aliphatic heterocycles. The second-order valence-corrected chi connectivity index (χ2v) is 11.4. The maximum atomic E-state index is 13.8. The van der Waals surface area contributed by atoms with E-state index in [0.29, 0.717) is 11.3 Å². The van der Waals surface area contributed by atoms with E-state index in [0.717, 1.165) is 16.5 Å². The van der Waals surface area contributed by atoms with Gasteiger partial charge in [-0.15, -0.1) is 0 Å². The number of carbonyl (C=O) groups excluding carboxylic acids is 6. The normalized spacial score (nSPS) is 13.4. The highest BCUT2D eigenvalue weighted by Crippen LogP contribution is 2.19. The molecule has 6 amide bonds. The number of nitrogens with two attached hydrogens (primary N) is 2. The van der Waals surface area contributed by atoms with E-state index in [1.165, 1.54) is 19.4 Å². The van der Waals surface area contributed by atoms with Gasteiger partial charge in [-0.25, -0.2) is 4.98 Å². The van der Waals surface area contributed by atoms with Gasteiger partial charge in [0.2, 0.25) is 35.4 Å². The highest BCUT2D eigenvalue weighted by molar-refractivity contribution is 5.96. The van der Waals surface area contributed by atoms with E-state index in [9.17, 15) is 28.8 Å². The number of imidazole rings is 1. The molecule has 4 atom stereocenters. The molecular weight excluding hydrogens is 618 g/mol. The second kappa shape index (κ2) is 16.5. The molecule has 10 N–H and O–H groups in total. The van der Waals surface area contributed by atoms with Gasteiger partial charge in [-0.05, 0) is 23.6 Å². The highest BCUT2D eigenvalue weighted by Gasteiger charge is 2.31. The molecular formula is C33H39N9O6. The van der Waals surface area contributed by atoms with Crippen molar-refractivity contribution in [1.29, 1.82) is 0 Å². The Labute approximate surface area is 276 Å². The molecule has 15 nitrogen and oxygen atoms in total. The smallest absolute Gasteiger partial charge is 0.243 e. The Hall–Kier alpha value is -5.99. The fraction of sp³-hybridized carbons (Fsp3) is 0.303. The van der Waals surface area contributed by atoms with Crippen molar-refractivity contribution < 1.29 is 28.8 Å². The van der Waals surface area contributed by atoms with Crippen LogP contribution in [0.1, 0.15) is 36.6 Å². The molecule has 2 aromatic heterocycles. The minimum absolute atomic E-state index is 0.0316. The summed E-state index contributed by atoms with van der Waals surface area (Å²) in [6.07, 6.45) is 4.38. The average Bonchev–Trinajstić information content (AvgIpc) is 3.72. The minimum atomic E-state index is -1.32. The van der Waals surface area contributed by atoms with Crippen LogP contribution in [0.4, 0.5) is 0 Å². The SMILES string of the molecule is CC(=O)N[C@@H](Cc1cnc[nH]1)C(=O)N[C@H](Cc1ccccc1)C(=O)N[C@@H](CCC(N)=O)C(=O)N[C@H](Cc1c[nH]c2ccccc12)C(N)=O. The Kier molecular flexibility index (Phi) is 12.0. The number of aromatic amines is 2. The van der Waals surface area contributed by atoms with E-state index in [4.69, 9.17) is 11.5 Å². The minimum Gasteiger partial charge on any atom is -0.370 e. The Morgan fingerprint density at radius 1 is 0.729 bits per heavy atom. The number of primary amides is 2. The summed E-state index contributed by atoms with van der Waals surface area (Å²) in [4.78, 5) is 86.9. The molecule has 0 bridgehead atoms. The van der Waals surface area contributed by atoms with Gasteiger partial charge < -0.3 is 42.7 Å². The molecule has 252 valence electrons. The van der Waals surface area contributed by atoms with Crippen LogP contribution in [-0.4, -0.2) is 74.6 Å². The Bertz CT molecular complexity index is 1740. The molecule has 4 rings (SSSR count). The van der Waals surface area contributed by atoms with Crippen molar-refractivity contribution in [2.45, 2.75) is 63.2 Å². The van der Waals surface area contributed by atoms with Gasteiger partial charge in [0.15, 0.2) is 0 Å². The van der Waals surface area contributed by atoms with E-state index < -0.39 is 59.6 Å². The largest absolute Gasteiger partial charge is 0.370 e. The zero-order valence-corrected chi connectivity index (χ0v) is 26.3. The summed E-state index contributed by atoms with van der Waals surface area (Å²) in [5.41, 5.74) is 13.9. The molecule has 15 heteroatoms. The molecule has 0 unspecified atom stereocenters. The van der Waals surface area contributed by atoms with Crippen LogP contribution in [-0.2, 0) is 48.0 Å². The van der Waals surface area contributed by atoms with Crippen LogP contribution in [0.3, 0.4) is 0 Å². The molecule has 4 aromatic rings. The van der Waals surface area contributed by atoms with Gasteiger partial charge in [0.05, 0.1) is 6.33 Å². The van der Waals surface area contributed by atoms with Crippen molar-refractivity contribution in [3.8, 4) is 0 Å². The van der Waals surface area contributed by atoms with Gasteiger partial charge in [0.1, 0.15) is 24.2 Å². The topological polar surface area (TPSA) is 247 Å². The third-order valence-corrected chi connectivity index (χ3v) is 7.66. The predicted molar refractivity (Wildman–Crippen MR) is 175 cm³/mol. The van der Waals surface area contributed by atoms with Gasteiger partial charge in [-0.3, -0.25) is 28.8 Å². The lowest BCUT2D eigenvalue weighted by Crippen LogP contribution is -2.59. The van der Waals surface area contributed by atoms with Crippen molar-refractivity contribution in [3.63, 3.8) is 0 Å².